The Hall–Kier alpha value is -2.89. The number of esters is 2. The molecular formula is C19H26N4O5. The predicted molar refractivity (Wildman–Crippen MR) is 98.9 cm³/mol. The Labute approximate surface area is 163 Å². The van der Waals surface area contributed by atoms with Gasteiger partial charge in [-0.3, -0.25) is 14.4 Å². The molecule has 3 atom stereocenters. The van der Waals surface area contributed by atoms with Gasteiger partial charge in [-0.05, 0) is 31.1 Å². The van der Waals surface area contributed by atoms with Crippen LogP contribution in [0.2, 0.25) is 0 Å². The molecule has 9 nitrogen and oxygen atoms in total. The summed E-state index contributed by atoms with van der Waals surface area (Å²) in [6.45, 7) is 4.96. The summed E-state index contributed by atoms with van der Waals surface area (Å²) in [6, 6.07) is -0.375. The van der Waals surface area contributed by atoms with E-state index in [-0.39, 0.29) is 30.2 Å². The topological polar surface area (TPSA) is 126 Å². The molecule has 2 rings (SSSR count). The first kappa shape index (κ1) is 21.4. The number of carbonyl (C=O) groups excluding carboxylic acids is 3. The largest absolute Gasteiger partial charge is 0.466 e. The van der Waals surface area contributed by atoms with Crippen LogP contribution in [0, 0.1) is 17.8 Å². The van der Waals surface area contributed by atoms with E-state index in [1.165, 1.54) is 18.5 Å². The lowest BCUT2D eigenvalue weighted by Gasteiger charge is -2.19. The highest BCUT2D eigenvalue weighted by molar-refractivity contribution is 5.92. The van der Waals surface area contributed by atoms with Crippen molar-refractivity contribution >= 4 is 17.8 Å². The summed E-state index contributed by atoms with van der Waals surface area (Å²) >= 11 is 0. The standard InChI is InChI=1S/C19H26N4O5/c1-4-5-6-7-8-15-18(19(20)26)21-22-23(15)16-9-14(11-27-12(2)24)10-17(16)28-13(3)25/h14,16-17H,4-6,9-11H2,1-3H3,(H2,20,26)/t14-,16+,17+/m0/s1. The summed E-state index contributed by atoms with van der Waals surface area (Å²) in [5.74, 6) is 4.45. The van der Waals surface area contributed by atoms with Crippen molar-refractivity contribution in [3.8, 4) is 11.8 Å². The van der Waals surface area contributed by atoms with E-state index >= 15 is 0 Å². The van der Waals surface area contributed by atoms with Gasteiger partial charge in [0.1, 0.15) is 11.8 Å². The van der Waals surface area contributed by atoms with E-state index in [9.17, 15) is 14.4 Å². The van der Waals surface area contributed by atoms with Gasteiger partial charge in [-0.2, -0.15) is 0 Å². The van der Waals surface area contributed by atoms with Gasteiger partial charge < -0.3 is 15.2 Å². The molecule has 9 heteroatoms. The second kappa shape index (κ2) is 9.88. The van der Waals surface area contributed by atoms with Gasteiger partial charge >= 0.3 is 11.9 Å². The summed E-state index contributed by atoms with van der Waals surface area (Å²) in [5.41, 5.74) is 5.73. The molecular weight excluding hydrogens is 364 g/mol. The second-order valence-electron chi connectivity index (χ2n) is 6.86. The van der Waals surface area contributed by atoms with Crippen molar-refractivity contribution in [2.45, 2.75) is 65.0 Å². The molecule has 1 saturated carbocycles. The minimum Gasteiger partial charge on any atom is -0.466 e. The number of unbranched alkanes of at least 4 members (excludes halogenated alkanes) is 2. The number of nitrogens with zero attached hydrogens (tertiary/aromatic N) is 3. The van der Waals surface area contributed by atoms with Crippen LogP contribution in [0.15, 0.2) is 0 Å². The van der Waals surface area contributed by atoms with Gasteiger partial charge in [0.15, 0.2) is 5.69 Å². The number of ether oxygens (including phenoxy) is 2. The lowest BCUT2D eigenvalue weighted by molar-refractivity contribution is -0.148. The fourth-order valence-corrected chi connectivity index (χ4v) is 3.26. The molecule has 1 fully saturated rings. The van der Waals surface area contributed by atoms with Crippen LogP contribution in [-0.2, 0) is 19.1 Å². The third kappa shape index (κ3) is 5.55. The average Bonchev–Trinajstić information content (AvgIpc) is 3.20. The number of hydrogen-bond donors (Lipinski definition) is 1. The van der Waals surface area contributed by atoms with Crippen LogP contribution in [0.1, 0.15) is 75.1 Å². The molecule has 0 aliphatic heterocycles. The molecule has 0 aromatic carbocycles. The zero-order valence-corrected chi connectivity index (χ0v) is 16.4. The molecule has 0 radical (unpaired) electrons. The van der Waals surface area contributed by atoms with E-state index in [0.717, 1.165) is 12.8 Å². The van der Waals surface area contributed by atoms with Crippen molar-refractivity contribution in [1.29, 1.82) is 0 Å². The number of aromatic nitrogens is 3. The number of hydrogen-bond acceptors (Lipinski definition) is 7. The zero-order chi connectivity index (χ0) is 20.7. The Kier molecular flexibility index (Phi) is 7.55. The highest BCUT2D eigenvalue weighted by Crippen LogP contribution is 2.37. The van der Waals surface area contributed by atoms with Crippen LogP contribution in [0.3, 0.4) is 0 Å². The first-order valence-corrected chi connectivity index (χ1v) is 9.37. The van der Waals surface area contributed by atoms with E-state index in [1.807, 2.05) is 0 Å². The van der Waals surface area contributed by atoms with E-state index in [1.54, 1.807) is 0 Å². The maximum atomic E-state index is 11.7. The van der Waals surface area contributed by atoms with Crippen LogP contribution < -0.4 is 5.73 Å². The maximum Gasteiger partial charge on any atom is 0.302 e. The van der Waals surface area contributed by atoms with Crippen molar-refractivity contribution < 1.29 is 23.9 Å². The van der Waals surface area contributed by atoms with Gasteiger partial charge in [0.25, 0.3) is 5.91 Å². The Morgan fingerprint density at radius 2 is 2.00 bits per heavy atom. The molecule has 1 amide bonds. The summed E-state index contributed by atoms with van der Waals surface area (Å²) in [7, 11) is 0. The number of nitrogens with two attached hydrogens (primary N) is 1. The molecule has 0 unspecified atom stereocenters. The Morgan fingerprint density at radius 1 is 1.25 bits per heavy atom. The van der Waals surface area contributed by atoms with Crippen LogP contribution in [0.4, 0.5) is 0 Å². The third-order valence-electron chi connectivity index (χ3n) is 4.51. The van der Waals surface area contributed by atoms with Gasteiger partial charge in [-0.25, -0.2) is 4.68 Å². The highest BCUT2D eigenvalue weighted by atomic mass is 16.5. The van der Waals surface area contributed by atoms with Crippen LogP contribution >= 0.6 is 0 Å². The Morgan fingerprint density at radius 3 is 2.61 bits per heavy atom. The summed E-state index contributed by atoms with van der Waals surface area (Å²) in [4.78, 5) is 34.4. The van der Waals surface area contributed by atoms with Crippen molar-refractivity contribution in [3.63, 3.8) is 0 Å². The second-order valence-corrected chi connectivity index (χ2v) is 6.86. The Balaban J connectivity index is 2.32. The molecule has 2 N–H and O–H groups in total. The summed E-state index contributed by atoms with van der Waals surface area (Å²) in [6.07, 6.45) is 3.17. The third-order valence-corrected chi connectivity index (χ3v) is 4.51. The molecule has 1 aromatic heterocycles. The number of rotatable bonds is 7. The number of carbonyl (C=O) groups is 3. The Bertz CT molecular complexity index is 792. The highest BCUT2D eigenvalue weighted by Gasteiger charge is 2.40. The van der Waals surface area contributed by atoms with Gasteiger partial charge in [-0.15, -0.1) is 5.10 Å². The first-order chi connectivity index (χ1) is 13.3. The molecule has 1 aliphatic carbocycles. The lowest BCUT2D eigenvalue weighted by Crippen LogP contribution is -2.26. The molecule has 1 heterocycles. The van der Waals surface area contributed by atoms with Crippen molar-refractivity contribution in [3.05, 3.63) is 11.4 Å². The molecule has 28 heavy (non-hydrogen) atoms. The van der Waals surface area contributed by atoms with E-state index in [2.05, 4.69) is 29.1 Å². The molecule has 0 spiro atoms. The van der Waals surface area contributed by atoms with Crippen LogP contribution in [0.5, 0.6) is 0 Å². The smallest absolute Gasteiger partial charge is 0.302 e. The monoisotopic (exact) mass is 390 g/mol. The molecule has 0 bridgehead atoms. The predicted octanol–water partition coefficient (Wildman–Crippen LogP) is 1.36. The fourth-order valence-electron chi connectivity index (χ4n) is 3.26. The summed E-state index contributed by atoms with van der Waals surface area (Å²) < 4.78 is 12.1. The van der Waals surface area contributed by atoms with Crippen molar-refractivity contribution in [1.82, 2.24) is 15.0 Å². The van der Waals surface area contributed by atoms with E-state index in [0.29, 0.717) is 25.0 Å². The van der Waals surface area contributed by atoms with Gasteiger partial charge in [-0.1, -0.05) is 24.5 Å². The van der Waals surface area contributed by atoms with Crippen LogP contribution in [0.25, 0.3) is 0 Å². The molecule has 152 valence electrons. The minimum atomic E-state index is -0.718. The number of amides is 1. The van der Waals surface area contributed by atoms with Gasteiger partial charge in [0.2, 0.25) is 0 Å². The summed E-state index contributed by atoms with van der Waals surface area (Å²) in [5, 5.41) is 7.95. The van der Waals surface area contributed by atoms with E-state index in [4.69, 9.17) is 15.2 Å². The zero-order valence-electron chi connectivity index (χ0n) is 16.4. The van der Waals surface area contributed by atoms with Crippen LogP contribution in [-0.4, -0.2) is 45.6 Å². The van der Waals surface area contributed by atoms with Gasteiger partial charge in [0.05, 0.1) is 12.6 Å². The van der Waals surface area contributed by atoms with E-state index < -0.39 is 18.0 Å². The lowest BCUT2D eigenvalue weighted by atomic mass is 10.1. The first-order valence-electron chi connectivity index (χ1n) is 9.37. The van der Waals surface area contributed by atoms with Crippen molar-refractivity contribution in [2.24, 2.45) is 11.7 Å². The normalized spacial score (nSPS) is 20.9. The van der Waals surface area contributed by atoms with Crippen molar-refractivity contribution in [2.75, 3.05) is 6.61 Å². The van der Waals surface area contributed by atoms with Gasteiger partial charge in [0, 0.05) is 20.3 Å². The average molecular weight is 390 g/mol. The number of primary amides is 1. The maximum absolute atomic E-state index is 11.7. The molecule has 1 aliphatic rings. The minimum absolute atomic E-state index is 0.00555. The SMILES string of the molecule is CCCCC#Cc1c(C(N)=O)nnn1[C@@H]1C[C@H](COC(C)=O)C[C@H]1OC(C)=O. The molecule has 1 aromatic rings. The fraction of sp³-hybridized carbons (Fsp3) is 0.632. The quantitative estimate of drug-likeness (QED) is 0.423. The molecule has 0 saturated heterocycles.